The number of carbonyl (C=O) groups is 3. The molecule has 0 aromatic heterocycles. The summed E-state index contributed by atoms with van der Waals surface area (Å²) in [7, 11) is 0. The number of rotatable bonds is 35. The predicted octanol–water partition coefficient (Wildman–Crippen LogP) is 11.4. The standard InChI is InChI=1S/C39H73NO5/c1-3-5-7-9-11-13-15-17-19-20-22-24-26-28-30-32-37(41)40-36(33-34-38(42)43)39(44)45-35-31-29-27-25-23-21-18-16-14-12-10-8-6-4-2/h17,19,36H,3-16,18,20-35H2,1-2H3,(H,40,41)(H,42,43)/b19-17-/t36-/m0/s1. The summed E-state index contributed by atoms with van der Waals surface area (Å²) in [6.45, 7) is 4.84. The number of amides is 1. The Morgan fingerprint density at radius 3 is 1.40 bits per heavy atom. The molecule has 6 nitrogen and oxygen atoms in total. The van der Waals surface area contributed by atoms with Crippen molar-refractivity contribution < 1.29 is 24.2 Å². The van der Waals surface area contributed by atoms with Gasteiger partial charge in [0.25, 0.3) is 0 Å². The van der Waals surface area contributed by atoms with Crippen LogP contribution in [-0.4, -0.2) is 35.6 Å². The van der Waals surface area contributed by atoms with Crippen molar-refractivity contribution >= 4 is 17.8 Å². The highest BCUT2D eigenvalue weighted by molar-refractivity contribution is 5.84. The molecule has 0 radical (unpaired) electrons. The molecule has 0 unspecified atom stereocenters. The van der Waals surface area contributed by atoms with Crippen LogP contribution in [0, 0.1) is 0 Å². The van der Waals surface area contributed by atoms with Gasteiger partial charge in [0.05, 0.1) is 6.61 Å². The van der Waals surface area contributed by atoms with Crippen LogP contribution in [0.1, 0.15) is 206 Å². The summed E-state index contributed by atoms with van der Waals surface area (Å²) >= 11 is 0. The van der Waals surface area contributed by atoms with E-state index in [-0.39, 0.29) is 18.7 Å². The van der Waals surface area contributed by atoms with E-state index in [1.807, 2.05) is 0 Å². The van der Waals surface area contributed by atoms with Crippen LogP contribution in [0.4, 0.5) is 0 Å². The molecule has 0 aromatic carbocycles. The van der Waals surface area contributed by atoms with Gasteiger partial charge in [-0.1, -0.05) is 161 Å². The molecule has 0 aliphatic carbocycles. The van der Waals surface area contributed by atoms with E-state index in [1.165, 1.54) is 122 Å². The van der Waals surface area contributed by atoms with Crippen molar-refractivity contribution in [1.29, 1.82) is 0 Å². The van der Waals surface area contributed by atoms with Gasteiger partial charge in [0.15, 0.2) is 0 Å². The molecule has 0 heterocycles. The minimum atomic E-state index is -0.980. The van der Waals surface area contributed by atoms with Crippen LogP contribution in [-0.2, 0) is 19.1 Å². The van der Waals surface area contributed by atoms with E-state index >= 15 is 0 Å². The van der Waals surface area contributed by atoms with Crippen molar-refractivity contribution in [3.8, 4) is 0 Å². The van der Waals surface area contributed by atoms with Gasteiger partial charge in [-0.15, -0.1) is 0 Å². The van der Waals surface area contributed by atoms with Gasteiger partial charge in [0.2, 0.25) is 5.91 Å². The highest BCUT2D eigenvalue weighted by Gasteiger charge is 2.23. The van der Waals surface area contributed by atoms with Gasteiger partial charge in [0, 0.05) is 12.8 Å². The molecule has 6 heteroatoms. The van der Waals surface area contributed by atoms with Crippen LogP contribution >= 0.6 is 0 Å². The number of esters is 1. The number of hydrogen-bond acceptors (Lipinski definition) is 4. The van der Waals surface area contributed by atoms with E-state index < -0.39 is 18.0 Å². The molecule has 0 spiro atoms. The molecule has 0 aliphatic rings. The zero-order chi connectivity index (χ0) is 33.1. The minimum absolute atomic E-state index is 0.0605. The van der Waals surface area contributed by atoms with Crippen molar-refractivity contribution in [2.24, 2.45) is 0 Å². The van der Waals surface area contributed by atoms with Gasteiger partial charge in [-0.05, 0) is 44.9 Å². The Hall–Kier alpha value is -1.85. The van der Waals surface area contributed by atoms with Gasteiger partial charge in [0.1, 0.15) is 6.04 Å². The Morgan fingerprint density at radius 1 is 0.556 bits per heavy atom. The molecule has 45 heavy (non-hydrogen) atoms. The molecule has 0 rings (SSSR count). The maximum atomic E-state index is 12.6. The second-order valence-electron chi connectivity index (χ2n) is 13.2. The molecule has 0 fully saturated rings. The summed E-state index contributed by atoms with van der Waals surface area (Å²) in [6.07, 6.45) is 38.2. The normalized spacial score (nSPS) is 12.0. The number of hydrogen-bond donors (Lipinski definition) is 2. The summed E-state index contributed by atoms with van der Waals surface area (Å²) in [5, 5.41) is 11.8. The van der Waals surface area contributed by atoms with Crippen molar-refractivity contribution in [2.75, 3.05) is 6.61 Å². The molecule has 1 atom stereocenters. The number of allylic oxidation sites excluding steroid dienone is 2. The van der Waals surface area contributed by atoms with Gasteiger partial charge < -0.3 is 15.2 Å². The average molecular weight is 636 g/mol. The summed E-state index contributed by atoms with van der Waals surface area (Å²) < 4.78 is 5.42. The number of carbonyl (C=O) groups excluding carboxylic acids is 2. The first kappa shape index (κ1) is 43.1. The molecule has 0 saturated carbocycles. The van der Waals surface area contributed by atoms with Crippen molar-refractivity contribution in [3.05, 3.63) is 12.2 Å². The zero-order valence-corrected chi connectivity index (χ0v) is 29.7. The number of unbranched alkanes of at least 4 members (excludes halogenated alkanes) is 24. The Balaban J connectivity index is 3.87. The summed E-state index contributed by atoms with van der Waals surface area (Å²) in [6, 6.07) is -0.886. The van der Waals surface area contributed by atoms with Crippen LogP contribution in [0.2, 0.25) is 0 Å². The fourth-order valence-corrected chi connectivity index (χ4v) is 5.71. The lowest BCUT2D eigenvalue weighted by Crippen LogP contribution is -2.42. The smallest absolute Gasteiger partial charge is 0.328 e. The first-order valence-electron chi connectivity index (χ1n) is 19.3. The zero-order valence-electron chi connectivity index (χ0n) is 29.7. The van der Waals surface area contributed by atoms with Gasteiger partial charge in [-0.25, -0.2) is 4.79 Å². The fraction of sp³-hybridized carbons (Fsp3) is 0.872. The van der Waals surface area contributed by atoms with E-state index in [2.05, 4.69) is 31.3 Å². The molecule has 1 amide bonds. The van der Waals surface area contributed by atoms with Crippen molar-refractivity contribution in [1.82, 2.24) is 5.32 Å². The molecule has 0 bridgehead atoms. The summed E-state index contributed by atoms with van der Waals surface area (Å²) in [5.41, 5.74) is 0. The molecular formula is C39H73NO5. The van der Waals surface area contributed by atoms with Gasteiger partial charge in [-0.2, -0.15) is 0 Å². The van der Waals surface area contributed by atoms with Gasteiger partial charge in [-0.3, -0.25) is 9.59 Å². The number of carboxylic acid groups (broad SMARTS) is 1. The Kier molecular flexibility index (Phi) is 33.6. The van der Waals surface area contributed by atoms with Crippen molar-refractivity contribution in [3.63, 3.8) is 0 Å². The molecule has 264 valence electrons. The number of carboxylic acids is 1. The van der Waals surface area contributed by atoms with Gasteiger partial charge >= 0.3 is 11.9 Å². The van der Waals surface area contributed by atoms with Crippen LogP contribution in [0.15, 0.2) is 12.2 Å². The quantitative estimate of drug-likeness (QED) is 0.0410. The Labute approximate surface area is 278 Å². The van der Waals surface area contributed by atoms with E-state index in [0.29, 0.717) is 13.0 Å². The van der Waals surface area contributed by atoms with Crippen LogP contribution in [0.25, 0.3) is 0 Å². The first-order valence-corrected chi connectivity index (χ1v) is 19.3. The van der Waals surface area contributed by atoms with Crippen LogP contribution in [0.5, 0.6) is 0 Å². The summed E-state index contributed by atoms with van der Waals surface area (Å²) in [5.74, 6) is -1.69. The number of aliphatic carboxylic acids is 1. The maximum absolute atomic E-state index is 12.6. The van der Waals surface area contributed by atoms with E-state index in [4.69, 9.17) is 9.84 Å². The number of ether oxygens (including phenoxy) is 1. The molecule has 0 saturated heterocycles. The first-order chi connectivity index (χ1) is 22.0. The lowest BCUT2D eigenvalue weighted by atomic mass is 10.0. The third-order valence-corrected chi connectivity index (χ3v) is 8.67. The third-order valence-electron chi connectivity index (χ3n) is 8.67. The fourth-order valence-electron chi connectivity index (χ4n) is 5.71. The largest absolute Gasteiger partial charge is 0.481 e. The maximum Gasteiger partial charge on any atom is 0.328 e. The molecule has 0 aromatic rings. The SMILES string of the molecule is CCCCCCCC/C=C\CCCCCCCC(=O)N[C@@H](CCC(=O)O)C(=O)OCCCCCCCCCCCCCCCC. The van der Waals surface area contributed by atoms with E-state index in [1.54, 1.807) is 0 Å². The Bertz CT molecular complexity index is 708. The highest BCUT2D eigenvalue weighted by atomic mass is 16.5. The highest BCUT2D eigenvalue weighted by Crippen LogP contribution is 2.14. The van der Waals surface area contributed by atoms with Crippen LogP contribution in [0.3, 0.4) is 0 Å². The van der Waals surface area contributed by atoms with E-state index in [9.17, 15) is 14.4 Å². The lowest BCUT2D eigenvalue weighted by Gasteiger charge is -2.17. The van der Waals surface area contributed by atoms with Crippen LogP contribution < -0.4 is 5.32 Å². The monoisotopic (exact) mass is 636 g/mol. The summed E-state index contributed by atoms with van der Waals surface area (Å²) in [4.78, 5) is 36.2. The second kappa shape index (κ2) is 35.0. The Morgan fingerprint density at radius 2 is 0.956 bits per heavy atom. The average Bonchev–Trinajstić information content (AvgIpc) is 3.02. The molecular weight excluding hydrogens is 562 g/mol. The van der Waals surface area contributed by atoms with E-state index in [0.717, 1.165) is 51.4 Å². The topological polar surface area (TPSA) is 92.7 Å². The molecule has 2 N–H and O–H groups in total. The second-order valence-corrected chi connectivity index (χ2v) is 13.2. The minimum Gasteiger partial charge on any atom is -0.481 e. The molecule has 0 aliphatic heterocycles. The van der Waals surface area contributed by atoms with Crippen molar-refractivity contribution in [2.45, 2.75) is 213 Å². The number of nitrogens with one attached hydrogen (secondary N) is 1. The lowest BCUT2D eigenvalue weighted by molar-refractivity contribution is -0.148. The third kappa shape index (κ3) is 33.3. The predicted molar refractivity (Wildman–Crippen MR) is 190 cm³/mol.